The van der Waals surface area contributed by atoms with Crippen LogP contribution in [0.15, 0.2) is 29.2 Å². The standard InChI is InChI=1S/C18H27N3O3S.ClH/c1-13-7-14(2)12-21(11-13)25(23,24)17-5-3-16(4-6-17)18(22)20-10-15-8-19-9-15;/h3-6,13-15,19H,7-12H2,1-2H3,(H,20,22);1H. The van der Waals surface area contributed by atoms with Crippen molar-refractivity contribution in [3.05, 3.63) is 29.8 Å². The fourth-order valence-corrected chi connectivity index (χ4v) is 5.24. The number of hydrogen-bond donors (Lipinski definition) is 2. The lowest BCUT2D eigenvalue weighted by molar-refractivity contribution is 0.0942. The molecule has 2 atom stereocenters. The highest BCUT2D eigenvalue weighted by Crippen LogP contribution is 2.26. The van der Waals surface area contributed by atoms with Crippen LogP contribution in [-0.2, 0) is 10.0 Å². The number of nitrogens with zero attached hydrogens (tertiary/aromatic N) is 1. The van der Waals surface area contributed by atoms with Crippen LogP contribution in [0.2, 0.25) is 0 Å². The third kappa shape index (κ3) is 4.76. The Balaban J connectivity index is 0.00000243. The maximum Gasteiger partial charge on any atom is 0.251 e. The first kappa shape index (κ1) is 21.2. The van der Waals surface area contributed by atoms with Gasteiger partial charge in [-0.15, -0.1) is 12.4 Å². The highest BCUT2D eigenvalue weighted by molar-refractivity contribution is 7.89. The van der Waals surface area contributed by atoms with E-state index in [-0.39, 0.29) is 23.2 Å². The molecule has 0 aliphatic carbocycles. The van der Waals surface area contributed by atoms with Crippen LogP contribution in [0.4, 0.5) is 0 Å². The van der Waals surface area contributed by atoms with Crippen molar-refractivity contribution in [2.45, 2.75) is 25.2 Å². The maximum atomic E-state index is 12.8. The van der Waals surface area contributed by atoms with E-state index >= 15 is 0 Å². The van der Waals surface area contributed by atoms with E-state index in [1.54, 1.807) is 28.6 Å². The van der Waals surface area contributed by atoms with Crippen molar-refractivity contribution in [2.24, 2.45) is 17.8 Å². The van der Waals surface area contributed by atoms with Crippen molar-refractivity contribution in [1.29, 1.82) is 0 Å². The lowest BCUT2D eigenvalue weighted by Gasteiger charge is -2.34. The second-order valence-electron chi connectivity index (χ2n) is 7.53. The first-order valence-electron chi connectivity index (χ1n) is 8.95. The molecule has 3 rings (SSSR count). The van der Waals surface area contributed by atoms with Gasteiger partial charge in [-0.1, -0.05) is 13.8 Å². The largest absolute Gasteiger partial charge is 0.352 e. The Morgan fingerprint density at radius 1 is 1.15 bits per heavy atom. The molecule has 1 aromatic rings. The minimum Gasteiger partial charge on any atom is -0.352 e. The van der Waals surface area contributed by atoms with Gasteiger partial charge in [0.25, 0.3) is 5.91 Å². The summed E-state index contributed by atoms with van der Waals surface area (Å²) in [5.41, 5.74) is 0.492. The summed E-state index contributed by atoms with van der Waals surface area (Å²) >= 11 is 0. The summed E-state index contributed by atoms with van der Waals surface area (Å²) in [5, 5.41) is 6.06. The van der Waals surface area contributed by atoms with Crippen molar-refractivity contribution in [2.75, 3.05) is 32.7 Å². The van der Waals surface area contributed by atoms with Gasteiger partial charge in [-0.2, -0.15) is 4.31 Å². The number of nitrogens with one attached hydrogen (secondary N) is 2. The fraction of sp³-hybridized carbons (Fsp3) is 0.611. The third-order valence-electron chi connectivity index (χ3n) is 5.01. The number of piperidine rings is 1. The molecule has 2 heterocycles. The van der Waals surface area contributed by atoms with Crippen LogP contribution in [0.5, 0.6) is 0 Å². The number of carbonyl (C=O) groups excluding carboxylic acids is 1. The molecular weight excluding hydrogens is 374 g/mol. The predicted molar refractivity (Wildman–Crippen MR) is 104 cm³/mol. The molecule has 0 saturated carbocycles. The molecule has 0 spiro atoms. The highest BCUT2D eigenvalue weighted by atomic mass is 35.5. The summed E-state index contributed by atoms with van der Waals surface area (Å²) < 4.78 is 27.3. The Morgan fingerprint density at radius 2 is 1.73 bits per heavy atom. The van der Waals surface area contributed by atoms with Crippen molar-refractivity contribution < 1.29 is 13.2 Å². The Morgan fingerprint density at radius 3 is 2.23 bits per heavy atom. The first-order chi connectivity index (χ1) is 11.9. The summed E-state index contributed by atoms with van der Waals surface area (Å²) in [4.78, 5) is 12.4. The summed E-state index contributed by atoms with van der Waals surface area (Å²) in [7, 11) is -3.50. The molecule has 2 aliphatic rings. The van der Waals surface area contributed by atoms with Crippen molar-refractivity contribution in [3.63, 3.8) is 0 Å². The predicted octanol–water partition coefficient (Wildman–Crippen LogP) is 1.72. The number of carbonyl (C=O) groups is 1. The topological polar surface area (TPSA) is 78.5 Å². The van der Waals surface area contributed by atoms with Gasteiger partial charge in [-0.25, -0.2) is 8.42 Å². The minimum atomic E-state index is -3.50. The van der Waals surface area contributed by atoms with E-state index in [1.165, 1.54) is 0 Å². The number of halogens is 1. The molecule has 26 heavy (non-hydrogen) atoms. The molecule has 1 aromatic carbocycles. The molecule has 0 aromatic heterocycles. The quantitative estimate of drug-likeness (QED) is 0.787. The lowest BCUT2D eigenvalue weighted by Crippen LogP contribution is -2.48. The van der Waals surface area contributed by atoms with Crippen LogP contribution in [0, 0.1) is 17.8 Å². The number of amides is 1. The molecular formula is C18H28ClN3O3S. The number of rotatable bonds is 5. The molecule has 146 valence electrons. The van der Waals surface area contributed by atoms with E-state index in [4.69, 9.17) is 0 Å². The Kier molecular flexibility index (Phi) is 7.07. The molecule has 8 heteroatoms. The molecule has 2 fully saturated rings. The third-order valence-corrected chi connectivity index (χ3v) is 6.85. The normalized spacial score (nSPS) is 24.4. The van der Waals surface area contributed by atoms with Gasteiger partial charge in [0.15, 0.2) is 0 Å². The Bertz CT molecular complexity index is 710. The van der Waals surface area contributed by atoms with Gasteiger partial charge in [0.1, 0.15) is 0 Å². The van der Waals surface area contributed by atoms with Crippen LogP contribution in [0.25, 0.3) is 0 Å². The average Bonchev–Trinajstić information content (AvgIpc) is 2.52. The molecule has 0 radical (unpaired) electrons. The molecule has 2 aliphatic heterocycles. The molecule has 0 bridgehead atoms. The van der Waals surface area contributed by atoms with Gasteiger partial charge in [0, 0.05) is 44.2 Å². The second kappa shape index (κ2) is 8.69. The van der Waals surface area contributed by atoms with Crippen molar-refractivity contribution in [1.82, 2.24) is 14.9 Å². The monoisotopic (exact) mass is 401 g/mol. The van der Waals surface area contributed by atoms with E-state index < -0.39 is 10.0 Å². The van der Waals surface area contributed by atoms with Crippen LogP contribution < -0.4 is 10.6 Å². The molecule has 2 unspecified atom stereocenters. The molecule has 2 N–H and O–H groups in total. The SMILES string of the molecule is CC1CC(C)CN(S(=O)(=O)c2ccc(C(=O)NCC3CNC3)cc2)C1.Cl. The van der Waals surface area contributed by atoms with Gasteiger partial charge >= 0.3 is 0 Å². The van der Waals surface area contributed by atoms with Gasteiger partial charge in [-0.05, 0) is 42.5 Å². The Labute approximate surface area is 162 Å². The molecule has 2 saturated heterocycles. The summed E-state index contributed by atoms with van der Waals surface area (Å²) in [5.74, 6) is 1.07. The number of sulfonamides is 1. The van der Waals surface area contributed by atoms with Gasteiger partial charge in [-0.3, -0.25) is 4.79 Å². The zero-order valence-electron chi connectivity index (χ0n) is 15.3. The van der Waals surface area contributed by atoms with Crippen molar-refractivity contribution in [3.8, 4) is 0 Å². The summed E-state index contributed by atoms with van der Waals surface area (Å²) in [6, 6.07) is 6.27. The minimum absolute atomic E-state index is 0. The summed E-state index contributed by atoms with van der Waals surface area (Å²) in [6.07, 6.45) is 1.06. The number of hydrogen-bond acceptors (Lipinski definition) is 4. The average molecular weight is 402 g/mol. The number of benzene rings is 1. The molecule has 6 nitrogen and oxygen atoms in total. The van der Waals surface area contributed by atoms with E-state index in [9.17, 15) is 13.2 Å². The van der Waals surface area contributed by atoms with Gasteiger partial charge < -0.3 is 10.6 Å². The maximum absolute atomic E-state index is 12.8. The lowest BCUT2D eigenvalue weighted by atomic mass is 9.94. The van der Waals surface area contributed by atoms with E-state index in [0.717, 1.165) is 19.5 Å². The van der Waals surface area contributed by atoms with E-state index in [2.05, 4.69) is 24.5 Å². The zero-order chi connectivity index (χ0) is 18.0. The smallest absolute Gasteiger partial charge is 0.251 e. The van der Waals surface area contributed by atoms with E-state index in [1.807, 2.05) is 0 Å². The summed E-state index contributed by atoms with van der Waals surface area (Å²) in [6.45, 7) is 7.81. The van der Waals surface area contributed by atoms with E-state index in [0.29, 0.717) is 43.0 Å². The van der Waals surface area contributed by atoms with Crippen LogP contribution in [-0.4, -0.2) is 51.4 Å². The highest BCUT2D eigenvalue weighted by Gasteiger charge is 2.31. The fourth-order valence-electron chi connectivity index (χ4n) is 3.56. The van der Waals surface area contributed by atoms with Crippen LogP contribution >= 0.6 is 12.4 Å². The van der Waals surface area contributed by atoms with Gasteiger partial charge in [0.05, 0.1) is 4.90 Å². The first-order valence-corrected chi connectivity index (χ1v) is 10.4. The molecule has 1 amide bonds. The van der Waals surface area contributed by atoms with Crippen LogP contribution in [0.1, 0.15) is 30.6 Å². The Hall–Kier alpha value is -1.15. The second-order valence-corrected chi connectivity index (χ2v) is 9.46. The van der Waals surface area contributed by atoms with Gasteiger partial charge in [0.2, 0.25) is 10.0 Å². The zero-order valence-corrected chi connectivity index (χ0v) is 16.9. The van der Waals surface area contributed by atoms with Crippen LogP contribution in [0.3, 0.4) is 0 Å². The van der Waals surface area contributed by atoms with Crippen molar-refractivity contribution >= 4 is 28.3 Å².